The Morgan fingerprint density at radius 3 is 2.05 bits per heavy atom. The maximum atomic E-state index is 5.79. The molecule has 1 atom stereocenters. The van der Waals surface area contributed by atoms with Gasteiger partial charge in [-0.2, -0.15) is 0 Å². The molecule has 0 fully saturated rings. The Bertz CT molecular complexity index is 362. The van der Waals surface area contributed by atoms with E-state index in [9.17, 15) is 0 Å². The van der Waals surface area contributed by atoms with Gasteiger partial charge in [-0.15, -0.1) is 0 Å². The molecule has 0 amide bonds. The second-order valence-corrected chi connectivity index (χ2v) is 6.72. The molecule has 0 bridgehead atoms. The zero-order chi connectivity index (χ0) is 15.5. The molecule has 0 saturated heterocycles. The molecular weight excluding hydrogens is 303 g/mol. The van der Waals surface area contributed by atoms with Crippen LogP contribution in [0.15, 0.2) is 24.3 Å². The summed E-state index contributed by atoms with van der Waals surface area (Å²) >= 11 is 11.6. The van der Waals surface area contributed by atoms with E-state index in [1.165, 1.54) is 44.1 Å². The van der Waals surface area contributed by atoms with Crippen molar-refractivity contribution in [3.8, 4) is 0 Å². The molecule has 0 saturated carbocycles. The van der Waals surface area contributed by atoms with Crippen LogP contribution in [0, 0.1) is 6.92 Å². The standard InChI is InChI=1S/C18H28Cl2O/c1-3-4-5-6-7-8-9-10-17(21-18(19)20)16-13-11-15(2)12-14-16/h11-14,17-18H,3-10H2,1-2H3. The number of halogens is 2. The highest BCUT2D eigenvalue weighted by atomic mass is 35.5. The molecule has 0 spiro atoms. The second kappa shape index (κ2) is 11.3. The Kier molecular flexibility index (Phi) is 10.2. The first-order chi connectivity index (χ1) is 10.1. The van der Waals surface area contributed by atoms with Crippen LogP contribution in [0.2, 0.25) is 0 Å². The molecule has 1 nitrogen and oxygen atoms in total. The van der Waals surface area contributed by atoms with Gasteiger partial charge in [-0.25, -0.2) is 0 Å². The summed E-state index contributed by atoms with van der Waals surface area (Å²) in [5.41, 5.74) is 2.42. The van der Waals surface area contributed by atoms with Crippen molar-refractivity contribution in [2.45, 2.75) is 76.3 Å². The molecule has 1 rings (SSSR count). The van der Waals surface area contributed by atoms with E-state index >= 15 is 0 Å². The summed E-state index contributed by atoms with van der Waals surface area (Å²) in [6.45, 7) is 4.33. The fourth-order valence-electron chi connectivity index (χ4n) is 2.51. The lowest BCUT2D eigenvalue weighted by Gasteiger charge is -2.19. The number of unbranched alkanes of at least 4 members (excludes halogenated alkanes) is 6. The van der Waals surface area contributed by atoms with Crippen molar-refractivity contribution in [2.24, 2.45) is 0 Å². The van der Waals surface area contributed by atoms with E-state index < -0.39 is 5.02 Å². The van der Waals surface area contributed by atoms with Gasteiger partial charge < -0.3 is 4.74 Å². The minimum Gasteiger partial charge on any atom is -0.341 e. The minimum absolute atomic E-state index is 0.00115. The zero-order valence-corrected chi connectivity index (χ0v) is 14.8. The maximum absolute atomic E-state index is 5.79. The SMILES string of the molecule is CCCCCCCCCC(OC(Cl)Cl)c1ccc(C)cc1. The Morgan fingerprint density at radius 2 is 1.48 bits per heavy atom. The van der Waals surface area contributed by atoms with Crippen molar-refractivity contribution in [3.05, 3.63) is 35.4 Å². The molecule has 0 aliphatic carbocycles. The van der Waals surface area contributed by atoms with Crippen molar-refractivity contribution in [3.63, 3.8) is 0 Å². The van der Waals surface area contributed by atoms with Gasteiger partial charge in [0.05, 0.1) is 6.10 Å². The molecule has 0 aromatic heterocycles. The average molecular weight is 331 g/mol. The normalized spacial score (nSPS) is 12.8. The van der Waals surface area contributed by atoms with Gasteiger partial charge in [-0.1, -0.05) is 105 Å². The molecule has 0 aliphatic rings. The van der Waals surface area contributed by atoms with Crippen LogP contribution in [-0.4, -0.2) is 5.02 Å². The van der Waals surface area contributed by atoms with Crippen molar-refractivity contribution < 1.29 is 4.74 Å². The van der Waals surface area contributed by atoms with Crippen LogP contribution in [0.25, 0.3) is 0 Å². The summed E-state index contributed by atoms with van der Waals surface area (Å²) in [4.78, 5) is 0. The predicted molar refractivity (Wildman–Crippen MR) is 93.1 cm³/mol. The van der Waals surface area contributed by atoms with Gasteiger partial charge >= 0.3 is 0 Å². The van der Waals surface area contributed by atoms with E-state index in [1.807, 2.05) is 0 Å². The predicted octanol–water partition coefficient (Wildman–Crippen LogP) is 6.95. The number of ether oxygens (including phenoxy) is 1. The fraction of sp³-hybridized carbons (Fsp3) is 0.667. The lowest BCUT2D eigenvalue weighted by Crippen LogP contribution is -2.07. The molecule has 0 N–H and O–H groups in total. The maximum Gasteiger partial charge on any atom is 0.207 e. The third kappa shape index (κ3) is 8.70. The van der Waals surface area contributed by atoms with Crippen molar-refractivity contribution in [1.29, 1.82) is 0 Å². The first-order valence-electron chi connectivity index (χ1n) is 8.13. The van der Waals surface area contributed by atoms with Crippen molar-refractivity contribution in [2.75, 3.05) is 0 Å². The van der Waals surface area contributed by atoms with Crippen molar-refractivity contribution >= 4 is 23.2 Å². The molecular formula is C18H28Cl2O. The summed E-state index contributed by atoms with van der Waals surface area (Å²) in [5.74, 6) is 0. The largest absolute Gasteiger partial charge is 0.341 e. The molecule has 1 unspecified atom stereocenters. The smallest absolute Gasteiger partial charge is 0.207 e. The van der Waals surface area contributed by atoms with Gasteiger partial charge in [0.2, 0.25) is 5.02 Å². The summed E-state index contributed by atoms with van der Waals surface area (Å²) in [6, 6.07) is 8.43. The van der Waals surface area contributed by atoms with Gasteiger partial charge in [0.15, 0.2) is 0 Å². The lowest BCUT2D eigenvalue weighted by atomic mass is 10.0. The number of aryl methyl sites for hydroxylation is 1. The van der Waals surface area contributed by atoms with E-state index in [2.05, 4.69) is 38.1 Å². The lowest BCUT2D eigenvalue weighted by molar-refractivity contribution is 0.0587. The molecule has 1 aromatic carbocycles. The summed E-state index contributed by atoms with van der Waals surface area (Å²) in [6.07, 6.45) is 10.1. The van der Waals surface area contributed by atoms with E-state index in [4.69, 9.17) is 27.9 Å². The Balaban J connectivity index is 2.35. The van der Waals surface area contributed by atoms with E-state index in [0.29, 0.717) is 0 Å². The summed E-state index contributed by atoms with van der Waals surface area (Å²) in [7, 11) is 0. The molecule has 21 heavy (non-hydrogen) atoms. The van der Waals surface area contributed by atoms with Gasteiger partial charge in [0.25, 0.3) is 0 Å². The first kappa shape index (κ1) is 18.8. The molecule has 120 valence electrons. The summed E-state index contributed by atoms with van der Waals surface area (Å²) in [5, 5.41) is -0.763. The number of hydrogen-bond acceptors (Lipinski definition) is 1. The van der Waals surface area contributed by atoms with E-state index in [0.717, 1.165) is 18.4 Å². The topological polar surface area (TPSA) is 9.23 Å². The molecule has 0 heterocycles. The van der Waals surface area contributed by atoms with Crippen LogP contribution < -0.4 is 0 Å². The van der Waals surface area contributed by atoms with Gasteiger partial charge in [0.1, 0.15) is 0 Å². The number of hydrogen-bond donors (Lipinski definition) is 0. The number of benzene rings is 1. The Hall–Kier alpha value is -0.240. The second-order valence-electron chi connectivity index (χ2n) is 5.71. The highest BCUT2D eigenvalue weighted by Gasteiger charge is 2.15. The first-order valence-corrected chi connectivity index (χ1v) is 9.01. The third-order valence-electron chi connectivity index (χ3n) is 3.79. The minimum atomic E-state index is -0.763. The average Bonchev–Trinajstić information content (AvgIpc) is 2.45. The zero-order valence-electron chi connectivity index (χ0n) is 13.3. The number of alkyl halides is 2. The molecule has 0 radical (unpaired) electrons. The van der Waals surface area contributed by atoms with Gasteiger partial charge in [0, 0.05) is 0 Å². The Labute approximate surface area is 140 Å². The quantitative estimate of drug-likeness (QED) is 0.315. The highest BCUT2D eigenvalue weighted by Crippen LogP contribution is 2.28. The number of rotatable bonds is 11. The van der Waals surface area contributed by atoms with E-state index in [1.54, 1.807) is 0 Å². The highest BCUT2D eigenvalue weighted by molar-refractivity contribution is 6.43. The van der Waals surface area contributed by atoms with E-state index in [-0.39, 0.29) is 6.10 Å². The third-order valence-corrected chi connectivity index (χ3v) is 3.99. The van der Waals surface area contributed by atoms with Crippen LogP contribution in [-0.2, 0) is 4.74 Å². The molecule has 3 heteroatoms. The van der Waals surface area contributed by atoms with Gasteiger partial charge in [-0.3, -0.25) is 0 Å². The van der Waals surface area contributed by atoms with Crippen LogP contribution in [0.4, 0.5) is 0 Å². The summed E-state index contributed by atoms with van der Waals surface area (Å²) < 4.78 is 5.65. The molecule has 0 aliphatic heterocycles. The monoisotopic (exact) mass is 330 g/mol. The van der Waals surface area contributed by atoms with Crippen LogP contribution >= 0.6 is 23.2 Å². The fourth-order valence-corrected chi connectivity index (χ4v) is 2.75. The van der Waals surface area contributed by atoms with Crippen LogP contribution in [0.3, 0.4) is 0 Å². The van der Waals surface area contributed by atoms with Crippen LogP contribution in [0.5, 0.6) is 0 Å². The van der Waals surface area contributed by atoms with Gasteiger partial charge in [-0.05, 0) is 18.9 Å². The molecule has 1 aromatic rings. The van der Waals surface area contributed by atoms with Crippen molar-refractivity contribution in [1.82, 2.24) is 0 Å². The Morgan fingerprint density at radius 1 is 0.905 bits per heavy atom. The van der Waals surface area contributed by atoms with Crippen LogP contribution in [0.1, 0.15) is 75.5 Å².